The van der Waals surface area contributed by atoms with E-state index in [-0.39, 0.29) is 5.91 Å². The first-order valence-corrected chi connectivity index (χ1v) is 7.17. The number of likely N-dealkylation sites (N-methyl/N-ethyl adjacent to an activating group) is 1. The van der Waals surface area contributed by atoms with Crippen LogP contribution in [0.3, 0.4) is 0 Å². The van der Waals surface area contributed by atoms with Crippen molar-refractivity contribution in [2.75, 3.05) is 32.5 Å². The maximum Gasteiger partial charge on any atom is 0.269 e. The van der Waals surface area contributed by atoms with Crippen molar-refractivity contribution >= 4 is 11.6 Å². The van der Waals surface area contributed by atoms with Crippen molar-refractivity contribution in [1.82, 2.24) is 20.2 Å². The summed E-state index contributed by atoms with van der Waals surface area (Å²) in [7, 11) is 3.93. The molecule has 0 atom stereocenters. The minimum absolute atomic E-state index is 0.150. The maximum absolute atomic E-state index is 11.9. The molecule has 0 aliphatic carbocycles. The minimum atomic E-state index is -0.150. The molecule has 0 radical (unpaired) electrons. The Hall–Kier alpha value is -2.47. The summed E-state index contributed by atoms with van der Waals surface area (Å²) in [6.45, 7) is 2.10. The maximum atomic E-state index is 11.9. The van der Waals surface area contributed by atoms with Crippen LogP contribution >= 0.6 is 0 Å². The SMILES string of the molecule is CN(C)CCNC(=O)c1ccc(NCc2ccncc2)cn1. The molecule has 0 saturated heterocycles. The summed E-state index contributed by atoms with van der Waals surface area (Å²) < 4.78 is 0. The summed E-state index contributed by atoms with van der Waals surface area (Å²) in [6.07, 6.45) is 5.19. The molecule has 2 N–H and O–H groups in total. The third kappa shape index (κ3) is 5.14. The Bertz CT molecular complexity index is 583. The molecule has 1 amide bonds. The van der Waals surface area contributed by atoms with Gasteiger partial charge in [-0.2, -0.15) is 0 Å². The topological polar surface area (TPSA) is 70.2 Å². The molecule has 0 aliphatic rings. The summed E-state index contributed by atoms with van der Waals surface area (Å²) >= 11 is 0. The van der Waals surface area contributed by atoms with Gasteiger partial charge in [0.15, 0.2) is 0 Å². The number of nitrogens with one attached hydrogen (secondary N) is 2. The monoisotopic (exact) mass is 299 g/mol. The van der Waals surface area contributed by atoms with Crippen molar-refractivity contribution in [1.29, 1.82) is 0 Å². The van der Waals surface area contributed by atoms with E-state index in [4.69, 9.17) is 0 Å². The quantitative estimate of drug-likeness (QED) is 0.808. The van der Waals surface area contributed by atoms with Crippen LogP contribution in [0.5, 0.6) is 0 Å². The fraction of sp³-hybridized carbons (Fsp3) is 0.312. The highest BCUT2D eigenvalue weighted by atomic mass is 16.1. The zero-order valence-corrected chi connectivity index (χ0v) is 12.9. The number of carbonyl (C=O) groups excluding carboxylic acids is 1. The smallest absolute Gasteiger partial charge is 0.269 e. The van der Waals surface area contributed by atoms with E-state index in [1.54, 1.807) is 24.7 Å². The van der Waals surface area contributed by atoms with Crippen molar-refractivity contribution in [2.45, 2.75) is 6.54 Å². The average Bonchev–Trinajstić information content (AvgIpc) is 2.54. The molecule has 2 heterocycles. The second-order valence-electron chi connectivity index (χ2n) is 5.20. The van der Waals surface area contributed by atoms with Gasteiger partial charge >= 0.3 is 0 Å². The molecular weight excluding hydrogens is 278 g/mol. The molecule has 0 fully saturated rings. The molecule has 6 nitrogen and oxygen atoms in total. The molecule has 22 heavy (non-hydrogen) atoms. The van der Waals surface area contributed by atoms with Crippen molar-refractivity contribution in [3.8, 4) is 0 Å². The average molecular weight is 299 g/mol. The van der Waals surface area contributed by atoms with Crippen LogP contribution in [0, 0.1) is 0 Å². The Morgan fingerprint density at radius 3 is 2.59 bits per heavy atom. The first-order valence-electron chi connectivity index (χ1n) is 7.17. The Kier molecular flexibility index (Phi) is 5.85. The number of rotatable bonds is 7. The second-order valence-corrected chi connectivity index (χ2v) is 5.20. The highest BCUT2D eigenvalue weighted by Gasteiger charge is 2.06. The van der Waals surface area contributed by atoms with E-state index >= 15 is 0 Å². The number of pyridine rings is 2. The van der Waals surface area contributed by atoms with Crippen molar-refractivity contribution in [2.24, 2.45) is 0 Å². The number of anilines is 1. The minimum Gasteiger partial charge on any atom is -0.380 e. The van der Waals surface area contributed by atoms with E-state index in [1.807, 2.05) is 37.2 Å². The summed E-state index contributed by atoms with van der Waals surface area (Å²) in [5.74, 6) is -0.150. The highest BCUT2D eigenvalue weighted by molar-refractivity contribution is 5.92. The van der Waals surface area contributed by atoms with Crippen LogP contribution in [0.4, 0.5) is 5.69 Å². The summed E-state index contributed by atoms with van der Waals surface area (Å²) in [4.78, 5) is 22.1. The second kappa shape index (κ2) is 8.09. The highest BCUT2D eigenvalue weighted by Crippen LogP contribution is 2.08. The van der Waals surface area contributed by atoms with Crippen molar-refractivity contribution in [3.05, 3.63) is 54.1 Å². The van der Waals surface area contributed by atoms with E-state index in [0.717, 1.165) is 17.8 Å². The van der Waals surface area contributed by atoms with Gasteiger partial charge in [-0.25, -0.2) is 4.98 Å². The Labute approximate surface area is 130 Å². The first kappa shape index (κ1) is 15.9. The van der Waals surface area contributed by atoms with Crippen LogP contribution < -0.4 is 10.6 Å². The fourth-order valence-electron chi connectivity index (χ4n) is 1.82. The lowest BCUT2D eigenvalue weighted by molar-refractivity contribution is 0.0946. The van der Waals surface area contributed by atoms with Gasteiger partial charge in [-0.3, -0.25) is 9.78 Å². The van der Waals surface area contributed by atoms with Gasteiger partial charge in [0.05, 0.1) is 11.9 Å². The molecule has 0 bridgehead atoms. The number of hydrogen-bond acceptors (Lipinski definition) is 5. The van der Waals surface area contributed by atoms with Gasteiger partial charge in [-0.1, -0.05) is 0 Å². The lowest BCUT2D eigenvalue weighted by Gasteiger charge is -2.10. The standard InChI is InChI=1S/C16H21N5O/c1-21(2)10-9-18-16(22)15-4-3-14(12-20-15)19-11-13-5-7-17-8-6-13/h3-8,12,19H,9-11H2,1-2H3,(H,18,22). The van der Waals surface area contributed by atoms with Crippen LogP contribution in [0.15, 0.2) is 42.9 Å². The molecular formula is C16H21N5O. The molecule has 2 aromatic heterocycles. The van der Waals surface area contributed by atoms with Gasteiger partial charge in [0.1, 0.15) is 5.69 Å². The first-order chi connectivity index (χ1) is 10.6. The van der Waals surface area contributed by atoms with E-state index in [2.05, 4.69) is 20.6 Å². The van der Waals surface area contributed by atoms with Gasteiger partial charge in [-0.05, 0) is 43.9 Å². The van der Waals surface area contributed by atoms with Gasteiger partial charge in [0.2, 0.25) is 0 Å². The zero-order chi connectivity index (χ0) is 15.8. The Morgan fingerprint density at radius 1 is 1.18 bits per heavy atom. The van der Waals surface area contributed by atoms with Gasteiger partial charge < -0.3 is 15.5 Å². The fourth-order valence-corrected chi connectivity index (χ4v) is 1.82. The molecule has 116 valence electrons. The van der Waals surface area contributed by atoms with Crippen molar-refractivity contribution < 1.29 is 4.79 Å². The van der Waals surface area contributed by atoms with Gasteiger partial charge in [0.25, 0.3) is 5.91 Å². The van der Waals surface area contributed by atoms with Gasteiger partial charge in [0, 0.05) is 32.0 Å². The molecule has 0 unspecified atom stereocenters. The molecule has 2 rings (SSSR count). The zero-order valence-electron chi connectivity index (χ0n) is 12.9. The van der Waals surface area contributed by atoms with E-state index in [1.165, 1.54) is 0 Å². The van der Waals surface area contributed by atoms with Crippen molar-refractivity contribution in [3.63, 3.8) is 0 Å². The molecule has 0 spiro atoms. The molecule has 2 aromatic rings. The number of carbonyl (C=O) groups is 1. The summed E-state index contributed by atoms with van der Waals surface area (Å²) in [6, 6.07) is 7.48. The van der Waals surface area contributed by atoms with E-state index in [9.17, 15) is 4.79 Å². The number of amides is 1. The number of aromatic nitrogens is 2. The molecule has 6 heteroatoms. The largest absolute Gasteiger partial charge is 0.380 e. The Morgan fingerprint density at radius 2 is 1.95 bits per heavy atom. The van der Waals surface area contributed by atoms with Crippen LogP contribution in [0.2, 0.25) is 0 Å². The Balaban J connectivity index is 1.83. The molecule has 0 aromatic carbocycles. The predicted octanol–water partition coefficient (Wildman–Crippen LogP) is 1.38. The third-order valence-corrected chi connectivity index (χ3v) is 3.09. The van der Waals surface area contributed by atoms with E-state index < -0.39 is 0 Å². The number of nitrogens with zero attached hydrogens (tertiary/aromatic N) is 3. The summed E-state index contributed by atoms with van der Waals surface area (Å²) in [5, 5.41) is 6.09. The molecule has 0 saturated carbocycles. The van der Waals surface area contributed by atoms with Crippen LogP contribution in [-0.4, -0.2) is 48.0 Å². The lowest BCUT2D eigenvalue weighted by atomic mass is 10.2. The van der Waals surface area contributed by atoms with Gasteiger partial charge in [-0.15, -0.1) is 0 Å². The van der Waals surface area contributed by atoms with Crippen LogP contribution in [-0.2, 0) is 6.54 Å². The number of hydrogen-bond donors (Lipinski definition) is 2. The van der Waals surface area contributed by atoms with Crippen LogP contribution in [0.1, 0.15) is 16.1 Å². The van der Waals surface area contributed by atoms with E-state index in [0.29, 0.717) is 18.8 Å². The molecule has 0 aliphatic heterocycles. The lowest BCUT2D eigenvalue weighted by Crippen LogP contribution is -2.31. The van der Waals surface area contributed by atoms with Crippen LogP contribution in [0.25, 0.3) is 0 Å². The summed E-state index contributed by atoms with van der Waals surface area (Å²) in [5.41, 5.74) is 2.44. The third-order valence-electron chi connectivity index (χ3n) is 3.09. The predicted molar refractivity (Wildman–Crippen MR) is 86.7 cm³/mol. The normalized spacial score (nSPS) is 10.5.